The molecule has 0 amide bonds. The smallest absolute Gasteiger partial charge is 0.0625 e. The first-order valence-electron chi connectivity index (χ1n) is 4.86. The van der Waals surface area contributed by atoms with Crippen LogP contribution in [0.3, 0.4) is 0 Å². The quantitative estimate of drug-likeness (QED) is 0.881. The van der Waals surface area contributed by atoms with Crippen LogP contribution in [-0.4, -0.2) is 4.98 Å². The van der Waals surface area contributed by atoms with E-state index in [1.165, 1.54) is 10.9 Å². The van der Waals surface area contributed by atoms with Gasteiger partial charge in [0.2, 0.25) is 0 Å². The predicted octanol–water partition coefficient (Wildman–Crippen LogP) is 3.70. The SMILES string of the molecule is Cc1[nH]c2c(Br)cccc2c1CCC#N. The van der Waals surface area contributed by atoms with Gasteiger partial charge in [-0.3, -0.25) is 0 Å². The monoisotopic (exact) mass is 262 g/mol. The Hall–Kier alpha value is -1.27. The largest absolute Gasteiger partial charge is 0.357 e. The van der Waals surface area contributed by atoms with Gasteiger partial charge in [0, 0.05) is 22.0 Å². The first-order chi connectivity index (χ1) is 7.24. The highest BCUT2D eigenvalue weighted by Gasteiger charge is 2.09. The summed E-state index contributed by atoms with van der Waals surface area (Å²) < 4.78 is 1.08. The van der Waals surface area contributed by atoms with Gasteiger partial charge < -0.3 is 4.98 Å². The maximum absolute atomic E-state index is 8.61. The van der Waals surface area contributed by atoms with Gasteiger partial charge in [-0.25, -0.2) is 0 Å². The second-order valence-electron chi connectivity index (χ2n) is 3.55. The number of para-hydroxylation sites is 1. The molecular weight excluding hydrogens is 252 g/mol. The van der Waals surface area contributed by atoms with E-state index in [0.29, 0.717) is 6.42 Å². The Morgan fingerprint density at radius 1 is 1.47 bits per heavy atom. The number of rotatable bonds is 2. The molecule has 2 nitrogen and oxygen atoms in total. The number of H-pyrrole nitrogens is 1. The normalized spacial score (nSPS) is 10.5. The van der Waals surface area contributed by atoms with Gasteiger partial charge in [-0.1, -0.05) is 12.1 Å². The number of fused-ring (bicyclic) bond motifs is 1. The number of aromatic nitrogens is 1. The van der Waals surface area contributed by atoms with Crippen LogP contribution in [0.25, 0.3) is 10.9 Å². The topological polar surface area (TPSA) is 39.6 Å². The average molecular weight is 263 g/mol. The van der Waals surface area contributed by atoms with Crippen LogP contribution >= 0.6 is 15.9 Å². The highest BCUT2D eigenvalue weighted by molar-refractivity contribution is 9.10. The van der Waals surface area contributed by atoms with E-state index in [1.54, 1.807) is 0 Å². The van der Waals surface area contributed by atoms with Crippen LogP contribution in [0.1, 0.15) is 17.7 Å². The standard InChI is InChI=1S/C12H11BrN2/c1-8-9(5-3-7-14)10-4-2-6-11(13)12(10)15-8/h2,4,6,15H,3,5H2,1H3. The fraction of sp³-hybridized carbons (Fsp3) is 0.250. The zero-order valence-electron chi connectivity index (χ0n) is 8.47. The van der Waals surface area contributed by atoms with Crippen molar-refractivity contribution < 1.29 is 0 Å². The molecule has 0 spiro atoms. The number of benzene rings is 1. The molecular formula is C12H11BrN2. The third-order valence-electron chi connectivity index (χ3n) is 2.59. The van der Waals surface area contributed by atoms with Gasteiger partial charge in [0.15, 0.2) is 0 Å². The number of hydrogen-bond acceptors (Lipinski definition) is 1. The van der Waals surface area contributed by atoms with Gasteiger partial charge in [-0.2, -0.15) is 5.26 Å². The minimum atomic E-state index is 0.570. The highest BCUT2D eigenvalue weighted by Crippen LogP contribution is 2.28. The minimum absolute atomic E-state index is 0.570. The Balaban J connectivity index is 2.59. The summed E-state index contributed by atoms with van der Waals surface area (Å²) in [5.41, 5.74) is 3.54. The third kappa shape index (κ3) is 1.78. The number of aryl methyl sites for hydroxylation is 2. The molecule has 0 atom stereocenters. The van der Waals surface area contributed by atoms with Crippen LogP contribution in [0.4, 0.5) is 0 Å². The van der Waals surface area contributed by atoms with Crippen LogP contribution in [0.5, 0.6) is 0 Å². The third-order valence-corrected chi connectivity index (χ3v) is 3.25. The van der Waals surface area contributed by atoms with E-state index in [1.807, 2.05) is 12.1 Å². The number of aromatic amines is 1. The van der Waals surface area contributed by atoms with Crippen LogP contribution in [0.15, 0.2) is 22.7 Å². The van der Waals surface area contributed by atoms with Crippen molar-refractivity contribution in [3.8, 4) is 6.07 Å². The number of nitriles is 1. The number of hydrogen-bond donors (Lipinski definition) is 1. The first-order valence-corrected chi connectivity index (χ1v) is 5.66. The summed E-state index contributed by atoms with van der Waals surface area (Å²) in [5, 5.41) is 9.83. The molecule has 0 fully saturated rings. The van der Waals surface area contributed by atoms with E-state index in [9.17, 15) is 0 Å². The second kappa shape index (κ2) is 4.08. The zero-order chi connectivity index (χ0) is 10.8. The van der Waals surface area contributed by atoms with Crippen molar-refractivity contribution in [2.75, 3.05) is 0 Å². The first kappa shape index (κ1) is 10.3. The molecule has 1 aromatic carbocycles. The van der Waals surface area contributed by atoms with E-state index in [2.05, 4.69) is 40.0 Å². The van der Waals surface area contributed by atoms with Crippen molar-refractivity contribution in [1.82, 2.24) is 4.98 Å². The van der Waals surface area contributed by atoms with Gasteiger partial charge in [-0.15, -0.1) is 0 Å². The fourth-order valence-corrected chi connectivity index (χ4v) is 2.34. The van der Waals surface area contributed by atoms with Gasteiger partial charge in [0.25, 0.3) is 0 Å². The Bertz CT molecular complexity index is 534. The van der Waals surface area contributed by atoms with Crippen LogP contribution in [0.2, 0.25) is 0 Å². The predicted molar refractivity (Wildman–Crippen MR) is 64.7 cm³/mol. The molecule has 0 aliphatic rings. The van der Waals surface area contributed by atoms with Gasteiger partial charge in [0.05, 0.1) is 11.6 Å². The summed E-state index contributed by atoms with van der Waals surface area (Å²) >= 11 is 3.52. The van der Waals surface area contributed by atoms with Crippen molar-refractivity contribution in [2.24, 2.45) is 0 Å². The summed E-state index contributed by atoms with van der Waals surface area (Å²) in [6.07, 6.45) is 1.39. The molecule has 76 valence electrons. The lowest BCUT2D eigenvalue weighted by atomic mass is 10.1. The molecule has 0 unspecified atom stereocenters. The Morgan fingerprint density at radius 2 is 2.27 bits per heavy atom. The summed E-state index contributed by atoms with van der Waals surface area (Å²) in [6, 6.07) is 8.32. The molecule has 0 bridgehead atoms. The Morgan fingerprint density at radius 3 is 3.00 bits per heavy atom. The van der Waals surface area contributed by atoms with E-state index in [-0.39, 0.29) is 0 Å². The number of nitrogens with one attached hydrogen (secondary N) is 1. The van der Waals surface area contributed by atoms with E-state index in [4.69, 9.17) is 5.26 Å². The molecule has 0 aliphatic heterocycles. The summed E-state index contributed by atoms with van der Waals surface area (Å²) in [4.78, 5) is 3.35. The fourth-order valence-electron chi connectivity index (χ4n) is 1.87. The van der Waals surface area contributed by atoms with Crippen molar-refractivity contribution in [3.05, 3.63) is 33.9 Å². The maximum atomic E-state index is 8.61. The zero-order valence-corrected chi connectivity index (χ0v) is 10.1. The molecule has 2 rings (SSSR count). The van der Waals surface area contributed by atoms with E-state index in [0.717, 1.165) is 22.1 Å². The van der Waals surface area contributed by atoms with Gasteiger partial charge in [0.1, 0.15) is 0 Å². The van der Waals surface area contributed by atoms with Crippen molar-refractivity contribution >= 4 is 26.8 Å². The lowest BCUT2D eigenvalue weighted by molar-refractivity contribution is 1.00. The number of nitrogens with zero attached hydrogens (tertiary/aromatic N) is 1. The molecule has 0 aliphatic carbocycles. The highest BCUT2D eigenvalue weighted by atomic mass is 79.9. The molecule has 1 heterocycles. The molecule has 0 radical (unpaired) electrons. The van der Waals surface area contributed by atoms with Crippen molar-refractivity contribution in [2.45, 2.75) is 19.8 Å². The molecule has 3 heteroatoms. The average Bonchev–Trinajstić information content (AvgIpc) is 2.54. The van der Waals surface area contributed by atoms with E-state index >= 15 is 0 Å². The molecule has 1 N–H and O–H groups in total. The second-order valence-corrected chi connectivity index (χ2v) is 4.40. The lowest BCUT2D eigenvalue weighted by Crippen LogP contribution is -1.84. The molecule has 0 saturated carbocycles. The van der Waals surface area contributed by atoms with Gasteiger partial charge in [-0.05, 0) is 40.9 Å². The Labute approximate surface area is 97.0 Å². The van der Waals surface area contributed by atoms with E-state index < -0.39 is 0 Å². The summed E-state index contributed by atoms with van der Waals surface area (Å²) in [7, 11) is 0. The molecule has 2 aromatic rings. The minimum Gasteiger partial charge on any atom is -0.357 e. The molecule has 1 aromatic heterocycles. The van der Waals surface area contributed by atoms with Gasteiger partial charge >= 0.3 is 0 Å². The van der Waals surface area contributed by atoms with Crippen molar-refractivity contribution in [3.63, 3.8) is 0 Å². The maximum Gasteiger partial charge on any atom is 0.0625 e. The van der Waals surface area contributed by atoms with Crippen LogP contribution < -0.4 is 0 Å². The lowest BCUT2D eigenvalue weighted by Gasteiger charge is -1.97. The summed E-state index contributed by atoms with van der Waals surface area (Å²) in [6.45, 7) is 2.05. The Kier molecular flexibility index (Phi) is 2.79. The number of halogens is 1. The molecule has 15 heavy (non-hydrogen) atoms. The van der Waals surface area contributed by atoms with Crippen LogP contribution in [-0.2, 0) is 6.42 Å². The van der Waals surface area contributed by atoms with Crippen LogP contribution in [0, 0.1) is 18.3 Å². The summed E-state index contributed by atoms with van der Waals surface area (Å²) in [5.74, 6) is 0. The van der Waals surface area contributed by atoms with Crippen molar-refractivity contribution in [1.29, 1.82) is 5.26 Å². The molecule has 0 saturated heterocycles.